The summed E-state index contributed by atoms with van der Waals surface area (Å²) in [6.07, 6.45) is 1.72. The van der Waals surface area contributed by atoms with E-state index in [0.29, 0.717) is 0 Å². The van der Waals surface area contributed by atoms with Crippen LogP contribution in [-0.2, 0) is 0 Å². The highest BCUT2D eigenvalue weighted by Gasteiger charge is 1.85. The van der Waals surface area contributed by atoms with Crippen molar-refractivity contribution >= 4 is 11.6 Å². The van der Waals surface area contributed by atoms with Gasteiger partial charge in [-0.1, -0.05) is 17.2 Å². The Labute approximate surface area is 55.0 Å². The first kappa shape index (κ1) is 7.99. The lowest BCUT2D eigenvalue weighted by Crippen LogP contribution is -1.82. The fraction of sp³-hybridized carbons (Fsp3) is 0.667. The quantitative estimate of drug-likeness (QED) is 0.625. The molecule has 0 aliphatic carbocycles. The number of aliphatic hydroxyl groups excluding tert-OH is 1. The second-order valence-electron chi connectivity index (χ2n) is 1.78. The Kier molecular flexibility index (Phi) is 5.13. The number of halogens is 1. The number of allylic oxidation sites excluding steroid dienone is 1. The zero-order valence-electron chi connectivity index (χ0n) is 5.02. The summed E-state index contributed by atoms with van der Waals surface area (Å²) in [5.74, 6) is 0. The van der Waals surface area contributed by atoms with Gasteiger partial charge in [-0.05, 0) is 19.8 Å². The molecule has 0 amide bonds. The summed E-state index contributed by atoms with van der Waals surface area (Å²) < 4.78 is 0. The minimum atomic E-state index is 0.252. The second kappa shape index (κ2) is 5.13. The molecule has 0 radical (unpaired) electrons. The summed E-state index contributed by atoms with van der Waals surface area (Å²) in [4.78, 5) is 0. The van der Waals surface area contributed by atoms with Crippen LogP contribution in [0.15, 0.2) is 11.1 Å². The average Bonchev–Trinajstić information content (AvgIpc) is 1.83. The van der Waals surface area contributed by atoms with Gasteiger partial charge in [0.15, 0.2) is 0 Å². The summed E-state index contributed by atoms with van der Waals surface area (Å²) >= 11 is 5.34. The molecular weight excluding hydrogens is 124 g/mol. The molecule has 0 fully saturated rings. The maximum atomic E-state index is 8.34. The molecule has 0 aliphatic heterocycles. The third kappa shape index (κ3) is 4.16. The monoisotopic (exact) mass is 134 g/mol. The predicted molar refractivity (Wildman–Crippen MR) is 35.9 cm³/mol. The Balaban J connectivity index is 3.12. The zero-order valence-corrected chi connectivity index (χ0v) is 5.78. The summed E-state index contributed by atoms with van der Waals surface area (Å²) in [5.41, 5.74) is 2.68. The van der Waals surface area contributed by atoms with Crippen molar-refractivity contribution in [1.29, 1.82) is 0 Å². The minimum Gasteiger partial charge on any atom is -0.396 e. The van der Waals surface area contributed by atoms with Gasteiger partial charge >= 0.3 is 0 Å². The van der Waals surface area contributed by atoms with Crippen molar-refractivity contribution in [3.63, 3.8) is 0 Å². The van der Waals surface area contributed by atoms with E-state index in [1.807, 2.05) is 6.92 Å². The van der Waals surface area contributed by atoms with E-state index in [2.05, 4.69) is 0 Å². The Morgan fingerprint density at radius 3 is 2.75 bits per heavy atom. The van der Waals surface area contributed by atoms with Crippen LogP contribution in [0.5, 0.6) is 0 Å². The predicted octanol–water partition coefficient (Wildman–Crippen LogP) is 1.90. The molecule has 0 bridgehead atoms. The average molecular weight is 135 g/mol. The highest BCUT2D eigenvalue weighted by atomic mass is 35.5. The van der Waals surface area contributed by atoms with Crippen LogP contribution in [0.3, 0.4) is 0 Å². The van der Waals surface area contributed by atoms with Gasteiger partial charge in [0.2, 0.25) is 0 Å². The highest BCUT2D eigenvalue weighted by molar-refractivity contribution is 6.25. The van der Waals surface area contributed by atoms with Crippen molar-refractivity contribution < 1.29 is 5.11 Å². The lowest BCUT2D eigenvalue weighted by atomic mass is 10.2. The molecule has 0 heterocycles. The van der Waals surface area contributed by atoms with Gasteiger partial charge < -0.3 is 5.11 Å². The van der Waals surface area contributed by atoms with E-state index < -0.39 is 0 Å². The van der Waals surface area contributed by atoms with E-state index in [0.717, 1.165) is 18.4 Å². The van der Waals surface area contributed by atoms with E-state index in [1.54, 1.807) is 5.54 Å². The Bertz CT molecular complexity index is 78.6. The molecule has 0 aromatic heterocycles. The molecular formula is C6H11ClO. The minimum absolute atomic E-state index is 0.252. The molecule has 48 valence electrons. The summed E-state index contributed by atoms with van der Waals surface area (Å²) in [7, 11) is 0. The highest BCUT2D eigenvalue weighted by Crippen LogP contribution is 2.03. The van der Waals surface area contributed by atoms with Crippen LogP contribution < -0.4 is 0 Å². The summed E-state index contributed by atoms with van der Waals surface area (Å²) in [6.45, 7) is 2.20. The molecule has 0 rings (SSSR count). The van der Waals surface area contributed by atoms with Crippen molar-refractivity contribution in [2.75, 3.05) is 6.61 Å². The van der Waals surface area contributed by atoms with Crippen LogP contribution in [-0.4, -0.2) is 11.7 Å². The molecule has 0 saturated heterocycles. The van der Waals surface area contributed by atoms with Crippen molar-refractivity contribution in [3.05, 3.63) is 11.1 Å². The number of aliphatic hydroxyl groups is 1. The standard InChI is InChI=1S/C6H11ClO/c1-6(5-7)3-2-4-8/h5,8H,2-4H2,1H3/b6-5+. The SMILES string of the molecule is C/C(=C\Cl)CCCO. The van der Waals surface area contributed by atoms with Gasteiger partial charge in [-0.2, -0.15) is 0 Å². The number of rotatable bonds is 3. The van der Waals surface area contributed by atoms with Crippen LogP contribution in [0, 0.1) is 0 Å². The van der Waals surface area contributed by atoms with Gasteiger partial charge in [-0.25, -0.2) is 0 Å². The third-order valence-electron chi connectivity index (χ3n) is 0.915. The second-order valence-corrected chi connectivity index (χ2v) is 2.00. The molecule has 2 heteroatoms. The normalized spacial score (nSPS) is 12.1. The molecule has 8 heavy (non-hydrogen) atoms. The lowest BCUT2D eigenvalue weighted by molar-refractivity contribution is 0.288. The number of hydrogen-bond donors (Lipinski definition) is 1. The fourth-order valence-electron chi connectivity index (χ4n) is 0.412. The molecule has 1 nitrogen and oxygen atoms in total. The maximum absolute atomic E-state index is 8.34. The van der Waals surface area contributed by atoms with E-state index >= 15 is 0 Å². The van der Waals surface area contributed by atoms with E-state index in [9.17, 15) is 0 Å². The van der Waals surface area contributed by atoms with E-state index in [-0.39, 0.29) is 6.61 Å². The Morgan fingerprint density at radius 1 is 1.75 bits per heavy atom. The van der Waals surface area contributed by atoms with Crippen molar-refractivity contribution in [2.45, 2.75) is 19.8 Å². The first-order valence-corrected chi connectivity index (χ1v) is 3.11. The van der Waals surface area contributed by atoms with Crippen LogP contribution in [0.1, 0.15) is 19.8 Å². The van der Waals surface area contributed by atoms with Crippen molar-refractivity contribution in [1.82, 2.24) is 0 Å². The Hall–Kier alpha value is -0.0100. The van der Waals surface area contributed by atoms with Crippen LogP contribution in [0.4, 0.5) is 0 Å². The molecule has 0 aliphatic rings. The van der Waals surface area contributed by atoms with Gasteiger partial charge in [-0.3, -0.25) is 0 Å². The fourth-order valence-corrected chi connectivity index (χ4v) is 0.522. The molecule has 0 saturated carbocycles. The zero-order chi connectivity index (χ0) is 6.41. The number of hydrogen-bond acceptors (Lipinski definition) is 1. The van der Waals surface area contributed by atoms with Gasteiger partial charge in [-0.15, -0.1) is 0 Å². The summed E-state index contributed by atoms with van der Waals surface area (Å²) in [6, 6.07) is 0. The molecule has 0 aromatic rings. The van der Waals surface area contributed by atoms with Crippen molar-refractivity contribution in [3.8, 4) is 0 Å². The van der Waals surface area contributed by atoms with Crippen LogP contribution in [0.25, 0.3) is 0 Å². The molecule has 0 aromatic carbocycles. The third-order valence-corrected chi connectivity index (χ3v) is 1.29. The smallest absolute Gasteiger partial charge is 0.0434 e. The maximum Gasteiger partial charge on any atom is 0.0434 e. The van der Waals surface area contributed by atoms with Crippen LogP contribution in [0.2, 0.25) is 0 Å². The van der Waals surface area contributed by atoms with Crippen LogP contribution >= 0.6 is 11.6 Å². The molecule has 0 unspecified atom stereocenters. The van der Waals surface area contributed by atoms with Gasteiger partial charge in [0.05, 0.1) is 0 Å². The summed E-state index contributed by atoms with van der Waals surface area (Å²) in [5, 5.41) is 8.34. The van der Waals surface area contributed by atoms with E-state index in [1.165, 1.54) is 0 Å². The van der Waals surface area contributed by atoms with Crippen molar-refractivity contribution in [2.24, 2.45) is 0 Å². The lowest BCUT2D eigenvalue weighted by Gasteiger charge is -1.93. The Morgan fingerprint density at radius 2 is 2.38 bits per heavy atom. The van der Waals surface area contributed by atoms with Gasteiger partial charge in [0, 0.05) is 12.1 Å². The van der Waals surface area contributed by atoms with Gasteiger partial charge in [0.25, 0.3) is 0 Å². The largest absolute Gasteiger partial charge is 0.396 e. The van der Waals surface area contributed by atoms with E-state index in [4.69, 9.17) is 16.7 Å². The molecule has 0 spiro atoms. The van der Waals surface area contributed by atoms with Gasteiger partial charge in [0.1, 0.15) is 0 Å². The topological polar surface area (TPSA) is 20.2 Å². The first-order valence-electron chi connectivity index (χ1n) is 2.68. The molecule has 1 N–H and O–H groups in total. The molecule has 0 atom stereocenters. The first-order chi connectivity index (χ1) is 3.81.